The third-order valence-corrected chi connectivity index (χ3v) is 1.17. The molecule has 0 spiro atoms. The van der Waals surface area contributed by atoms with E-state index >= 15 is 0 Å². The van der Waals surface area contributed by atoms with Crippen LogP contribution in [0.5, 0.6) is 0 Å². The van der Waals surface area contributed by atoms with Gasteiger partial charge in [0.1, 0.15) is 0 Å². The summed E-state index contributed by atoms with van der Waals surface area (Å²) in [6.45, 7) is 0. The van der Waals surface area contributed by atoms with Crippen LogP contribution in [0.15, 0.2) is 30.3 Å². The van der Waals surface area contributed by atoms with Gasteiger partial charge >= 0.3 is 5.97 Å². The number of benzene rings is 1. The summed E-state index contributed by atoms with van der Waals surface area (Å²) in [6, 6.07) is 9.49. The third-order valence-electron chi connectivity index (χ3n) is 1.17. The van der Waals surface area contributed by atoms with E-state index in [4.69, 9.17) is 21.7 Å². The van der Waals surface area contributed by atoms with Crippen LogP contribution in [0.4, 0.5) is 5.69 Å². The van der Waals surface area contributed by atoms with Gasteiger partial charge < -0.3 is 16.2 Å². The van der Waals surface area contributed by atoms with E-state index in [0.717, 1.165) is 5.69 Å². The highest BCUT2D eigenvalue weighted by Crippen LogP contribution is 1.95. The Kier molecular flexibility index (Phi) is 5.37. The molecule has 1 rings (SSSR count). The van der Waals surface area contributed by atoms with Crippen molar-refractivity contribution < 1.29 is 9.90 Å². The molecule has 1 aromatic carbocycles. The van der Waals surface area contributed by atoms with E-state index in [2.05, 4.69) is 0 Å². The number of para-hydroxylation sites is 1. The number of carboxylic acid groups (broad SMARTS) is 1. The molecule has 0 bridgehead atoms. The molecular weight excluding hydrogens is 182 g/mol. The summed E-state index contributed by atoms with van der Waals surface area (Å²) in [6.07, 6.45) is 0.475. The molecule has 74 valence electrons. The molecule has 0 unspecified atom stereocenters. The fourth-order valence-corrected chi connectivity index (χ4v) is 0.515. The van der Waals surface area contributed by atoms with Gasteiger partial charge in [-0.15, -0.1) is 0 Å². The van der Waals surface area contributed by atoms with Crippen LogP contribution in [0.1, 0.15) is 0 Å². The van der Waals surface area contributed by atoms with E-state index in [1.54, 1.807) is 0 Å². The molecule has 5 nitrogen and oxygen atoms in total. The number of rotatable bonds is 2. The lowest BCUT2D eigenvalue weighted by atomic mass is 10.3. The Morgan fingerprint density at radius 3 is 2.00 bits per heavy atom. The van der Waals surface area contributed by atoms with Crippen LogP contribution < -0.4 is 5.73 Å². The lowest BCUT2D eigenvalue weighted by Crippen LogP contribution is -2.11. The number of nitrogen functional groups attached to an aromatic ring is 1. The molecule has 0 fully saturated rings. The maximum Gasteiger partial charge on any atom is 0.355 e. The summed E-state index contributed by atoms with van der Waals surface area (Å²) in [7, 11) is 0. The predicted molar refractivity (Wildman–Crippen MR) is 55.0 cm³/mol. The first-order valence-electron chi connectivity index (χ1n) is 3.70. The molecule has 14 heavy (non-hydrogen) atoms. The van der Waals surface area contributed by atoms with Crippen LogP contribution in [0, 0.1) is 10.8 Å². The molecule has 0 aliphatic carbocycles. The third kappa shape index (κ3) is 5.48. The van der Waals surface area contributed by atoms with Gasteiger partial charge in [0.05, 0.1) is 6.21 Å². The van der Waals surface area contributed by atoms with E-state index in [1.807, 2.05) is 30.3 Å². The largest absolute Gasteiger partial charge is 0.476 e. The zero-order valence-electron chi connectivity index (χ0n) is 7.40. The van der Waals surface area contributed by atoms with Crippen LogP contribution in [-0.4, -0.2) is 23.0 Å². The smallest absolute Gasteiger partial charge is 0.355 e. The van der Waals surface area contributed by atoms with Gasteiger partial charge in [-0.1, -0.05) is 18.2 Å². The van der Waals surface area contributed by atoms with Gasteiger partial charge in [-0.3, -0.25) is 5.41 Å². The number of anilines is 1. The maximum atomic E-state index is 9.55. The lowest BCUT2D eigenvalue weighted by Gasteiger charge is -1.83. The van der Waals surface area contributed by atoms with Crippen LogP contribution >= 0.6 is 0 Å². The van der Waals surface area contributed by atoms with Crippen LogP contribution in [0.3, 0.4) is 0 Å². The average Bonchev–Trinajstić information content (AvgIpc) is 2.18. The van der Waals surface area contributed by atoms with Crippen LogP contribution in [0.25, 0.3) is 0 Å². The fourth-order valence-electron chi connectivity index (χ4n) is 0.515. The number of hydrogen-bond donors (Lipinski definition) is 4. The number of nitrogens with one attached hydrogen (secondary N) is 2. The standard InChI is InChI=1S/C6H7N.C3H4N2O2/c7-6-4-2-1-3-5-6;4-1-2(5)3(6)7/h1-5H,7H2;1,4-5H,(H,6,7). The topological polar surface area (TPSA) is 111 Å². The molecule has 0 aliphatic heterocycles. The van der Waals surface area contributed by atoms with Crippen molar-refractivity contribution in [1.29, 1.82) is 10.8 Å². The maximum absolute atomic E-state index is 9.55. The van der Waals surface area contributed by atoms with E-state index in [-0.39, 0.29) is 0 Å². The minimum Gasteiger partial charge on any atom is -0.476 e. The first-order valence-corrected chi connectivity index (χ1v) is 3.70. The lowest BCUT2D eigenvalue weighted by molar-refractivity contribution is -0.129. The molecule has 0 saturated carbocycles. The van der Waals surface area contributed by atoms with Crippen LogP contribution in [-0.2, 0) is 4.79 Å². The summed E-state index contributed by atoms with van der Waals surface area (Å²) >= 11 is 0. The summed E-state index contributed by atoms with van der Waals surface area (Å²) in [5.41, 5.74) is 5.49. The Balaban J connectivity index is 0.000000241. The highest BCUT2D eigenvalue weighted by molar-refractivity contribution is 6.57. The van der Waals surface area contributed by atoms with Crippen molar-refractivity contribution in [3.63, 3.8) is 0 Å². The molecule has 1 aromatic rings. The van der Waals surface area contributed by atoms with Gasteiger partial charge in [0.15, 0.2) is 5.71 Å². The molecule has 5 N–H and O–H groups in total. The second-order valence-electron chi connectivity index (χ2n) is 2.27. The van der Waals surface area contributed by atoms with Crippen molar-refractivity contribution in [3.8, 4) is 0 Å². The SMILES string of the molecule is N=CC(=N)C(=O)O.Nc1ccccc1. The zero-order valence-corrected chi connectivity index (χ0v) is 7.40. The van der Waals surface area contributed by atoms with E-state index < -0.39 is 11.7 Å². The molecule has 0 heterocycles. The highest BCUT2D eigenvalue weighted by Gasteiger charge is 1.98. The van der Waals surface area contributed by atoms with Gasteiger partial charge in [-0.25, -0.2) is 4.79 Å². The fraction of sp³-hybridized carbons (Fsp3) is 0. The Bertz CT molecular complexity index is 322. The number of carbonyl (C=O) groups is 1. The number of carboxylic acids is 1. The first kappa shape index (κ1) is 11.8. The average molecular weight is 193 g/mol. The number of nitrogens with two attached hydrogens (primary N) is 1. The van der Waals surface area contributed by atoms with Crippen molar-refractivity contribution in [1.82, 2.24) is 0 Å². The van der Waals surface area contributed by atoms with E-state index in [9.17, 15) is 4.79 Å². The second-order valence-corrected chi connectivity index (χ2v) is 2.27. The van der Waals surface area contributed by atoms with Crippen molar-refractivity contribution in [3.05, 3.63) is 30.3 Å². The molecule has 0 saturated heterocycles. The molecule has 0 aliphatic rings. The summed E-state index contributed by atoms with van der Waals surface area (Å²) in [5, 5.41) is 20.4. The Morgan fingerprint density at radius 1 is 1.36 bits per heavy atom. The summed E-state index contributed by atoms with van der Waals surface area (Å²) in [5.74, 6) is -1.37. The number of aliphatic carboxylic acids is 1. The van der Waals surface area contributed by atoms with Gasteiger partial charge in [-0.2, -0.15) is 0 Å². The molecule has 0 aromatic heterocycles. The molecule has 0 atom stereocenters. The Labute approximate surface area is 81.2 Å². The molecular formula is C9H11N3O2. The summed E-state index contributed by atoms with van der Waals surface area (Å²) in [4.78, 5) is 9.55. The quantitative estimate of drug-likeness (QED) is 0.415. The van der Waals surface area contributed by atoms with E-state index in [0.29, 0.717) is 6.21 Å². The van der Waals surface area contributed by atoms with Crippen LogP contribution in [0.2, 0.25) is 0 Å². The zero-order chi connectivity index (χ0) is 11.0. The monoisotopic (exact) mass is 193 g/mol. The minimum absolute atomic E-state index is 0.475. The number of hydrogen-bond acceptors (Lipinski definition) is 4. The highest BCUT2D eigenvalue weighted by atomic mass is 16.4. The van der Waals surface area contributed by atoms with Crippen molar-refractivity contribution in [2.75, 3.05) is 5.73 Å². The first-order chi connectivity index (χ1) is 6.57. The Hall–Kier alpha value is -2.17. The Morgan fingerprint density at radius 2 is 1.86 bits per heavy atom. The summed E-state index contributed by atoms with van der Waals surface area (Å²) < 4.78 is 0. The normalized spacial score (nSPS) is 8.00. The second kappa shape index (κ2) is 6.36. The van der Waals surface area contributed by atoms with Gasteiger partial charge in [-0.05, 0) is 12.1 Å². The van der Waals surface area contributed by atoms with Gasteiger partial charge in [0.2, 0.25) is 0 Å². The molecule has 0 radical (unpaired) electrons. The molecule has 5 heteroatoms. The minimum atomic E-state index is -1.37. The van der Waals surface area contributed by atoms with Gasteiger partial charge in [0.25, 0.3) is 0 Å². The predicted octanol–water partition coefficient (Wildman–Crippen LogP) is 1.01. The van der Waals surface area contributed by atoms with Crippen molar-refractivity contribution in [2.24, 2.45) is 0 Å². The van der Waals surface area contributed by atoms with Crippen molar-refractivity contribution >= 4 is 23.6 Å². The van der Waals surface area contributed by atoms with E-state index in [1.165, 1.54) is 0 Å². The molecule has 0 amide bonds. The van der Waals surface area contributed by atoms with Gasteiger partial charge in [0, 0.05) is 5.69 Å². The van der Waals surface area contributed by atoms with Crippen molar-refractivity contribution in [2.45, 2.75) is 0 Å².